The molecule has 38 heavy (non-hydrogen) atoms. The maximum atomic E-state index is 13.3. The van der Waals surface area contributed by atoms with Crippen LogP contribution in [0.25, 0.3) is 11.1 Å². The fraction of sp³-hybridized carbons (Fsp3) is 0.367. The molecule has 0 saturated carbocycles. The zero-order chi connectivity index (χ0) is 26.7. The highest BCUT2D eigenvalue weighted by atomic mass is 19.4. The number of piperidine rings is 1. The molecule has 198 valence electrons. The second-order valence-electron chi connectivity index (χ2n) is 10.4. The van der Waals surface area contributed by atoms with Gasteiger partial charge in [0.15, 0.2) is 0 Å². The summed E-state index contributed by atoms with van der Waals surface area (Å²) in [4.78, 5) is 15.1. The van der Waals surface area contributed by atoms with Gasteiger partial charge in [-0.2, -0.15) is 13.2 Å². The summed E-state index contributed by atoms with van der Waals surface area (Å²) in [5.41, 5.74) is 2.65. The first-order valence-electron chi connectivity index (χ1n) is 12.8. The lowest BCUT2D eigenvalue weighted by Gasteiger charge is -2.43. The van der Waals surface area contributed by atoms with Crippen LogP contribution in [0.5, 0.6) is 5.75 Å². The van der Waals surface area contributed by atoms with Gasteiger partial charge >= 0.3 is 12.3 Å². The SMILES string of the molecule is COc1cc(C(F)(F)F)ccc1C1(O)CC2CCC(C1)N2C(=O)OCC1c2ccccc2-c2ccccc21. The van der Waals surface area contributed by atoms with Gasteiger partial charge in [0.1, 0.15) is 12.4 Å². The van der Waals surface area contributed by atoms with Crippen molar-refractivity contribution in [2.45, 2.75) is 55.5 Å². The van der Waals surface area contributed by atoms with E-state index in [1.807, 2.05) is 24.3 Å². The predicted molar refractivity (Wildman–Crippen MR) is 135 cm³/mol. The topological polar surface area (TPSA) is 59.0 Å². The van der Waals surface area contributed by atoms with E-state index in [-0.39, 0.29) is 43.2 Å². The number of nitrogens with zero attached hydrogens (tertiary/aromatic N) is 1. The summed E-state index contributed by atoms with van der Waals surface area (Å²) >= 11 is 0. The number of rotatable bonds is 4. The van der Waals surface area contributed by atoms with E-state index in [1.54, 1.807) is 4.90 Å². The van der Waals surface area contributed by atoms with Crippen LogP contribution in [0.1, 0.15) is 53.9 Å². The number of benzene rings is 3. The zero-order valence-corrected chi connectivity index (χ0v) is 20.9. The second kappa shape index (κ2) is 9.05. The standard InChI is InChI=1S/C30H28F3NO4/c1-37-27-14-18(30(31,32)33)10-13-26(27)29(36)15-19-11-12-20(16-29)34(19)28(35)38-17-25-23-8-4-2-6-21(23)22-7-3-5-9-24(22)25/h2-10,13-14,19-20,25,36H,11-12,15-17H2,1H3. The van der Waals surface area contributed by atoms with E-state index in [0.717, 1.165) is 34.4 Å². The maximum absolute atomic E-state index is 13.3. The molecule has 1 amide bonds. The van der Waals surface area contributed by atoms with Crippen molar-refractivity contribution >= 4 is 6.09 Å². The highest BCUT2D eigenvalue weighted by molar-refractivity contribution is 5.79. The van der Waals surface area contributed by atoms with E-state index in [9.17, 15) is 23.1 Å². The lowest BCUT2D eigenvalue weighted by Crippen LogP contribution is -2.52. The first kappa shape index (κ1) is 24.8. The van der Waals surface area contributed by atoms with Crippen molar-refractivity contribution in [1.29, 1.82) is 0 Å². The number of methoxy groups -OCH3 is 1. The Morgan fingerprint density at radius 2 is 1.55 bits per heavy atom. The number of carbonyl (C=O) groups is 1. The molecule has 1 N–H and O–H groups in total. The Kier molecular flexibility index (Phi) is 5.90. The largest absolute Gasteiger partial charge is 0.496 e. The number of alkyl halides is 3. The fourth-order valence-electron chi connectivity index (χ4n) is 6.66. The first-order chi connectivity index (χ1) is 18.2. The molecule has 8 heteroatoms. The Balaban J connectivity index is 1.19. The normalized spacial score (nSPS) is 24.2. The predicted octanol–water partition coefficient (Wildman–Crippen LogP) is 6.48. The fourth-order valence-corrected chi connectivity index (χ4v) is 6.66. The van der Waals surface area contributed by atoms with Gasteiger partial charge in [-0.3, -0.25) is 0 Å². The molecule has 2 aliphatic heterocycles. The third-order valence-corrected chi connectivity index (χ3v) is 8.34. The molecule has 3 aliphatic rings. The summed E-state index contributed by atoms with van der Waals surface area (Å²) in [5.74, 6) is -0.0570. The van der Waals surface area contributed by atoms with Crippen LogP contribution in [-0.4, -0.2) is 41.9 Å². The highest BCUT2D eigenvalue weighted by Crippen LogP contribution is 2.49. The van der Waals surface area contributed by atoms with Crippen LogP contribution in [0.3, 0.4) is 0 Å². The van der Waals surface area contributed by atoms with Gasteiger partial charge in [0.2, 0.25) is 0 Å². The van der Waals surface area contributed by atoms with Crippen LogP contribution in [0.15, 0.2) is 66.7 Å². The van der Waals surface area contributed by atoms with Crippen molar-refractivity contribution < 1.29 is 32.5 Å². The molecular weight excluding hydrogens is 495 g/mol. The van der Waals surface area contributed by atoms with E-state index >= 15 is 0 Å². The Labute approximate surface area is 218 Å². The molecule has 1 aliphatic carbocycles. The van der Waals surface area contributed by atoms with E-state index in [2.05, 4.69) is 24.3 Å². The third-order valence-electron chi connectivity index (χ3n) is 8.34. The summed E-state index contributed by atoms with van der Waals surface area (Å²) in [5, 5.41) is 11.6. The van der Waals surface area contributed by atoms with E-state index in [0.29, 0.717) is 18.4 Å². The van der Waals surface area contributed by atoms with Crippen LogP contribution in [0.4, 0.5) is 18.0 Å². The molecule has 3 aromatic carbocycles. The van der Waals surface area contributed by atoms with E-state index in [4.69, 9.17) is 9.47 Å². The number of aliphatic hydroxyl groups is 1. The van der Waals surface area contributed by atoms with Crippen molar-refractivity contribution in [3.8, 4) is 16.9 Å². The monoisotopic (exact) mass is 523 g/mol. The lowest BCUT2D eigenvalue weighted by molar-refractivity contribution is -0.137. The summed E-state index contributed by atoms with van der Waals surface area (Å²) in [6.45, 7) is 0.208. The van der Waals surface area contributed by atoms with Crippen molar-refractivity contribution in [2.75, 3.05) is 13.7 Å². The minimum absolute atomic E-state index is 0.00341. The van der Waals surface area contributed by atoms with Crippen LogP contribution >= 0.6 is 0 Å². The highest BCUT2D eigenvalue weighted by Gasteiger charge is 2.52. The maximum Gasteiger partial charge on any atom is 0.416 e. The molecule has 5 nitrogen and oxygen atoms in total. The van der Waals surface area contributed by atoms with Crippen LogP contribution in [-0.2, 0) is 16.5 Å². The molecule has 2 saturated heterocycles. The molecule has 2 atom stereocenters. The molecular formula is C30H28F3NO4. The van der Waals surface area contributed by atoms with Gasteiger partial charge < -0.3 is 19.5 Å². The average molecular weight is 524 g/mol. The second-order valence-corrected chi connectivity index (χ2v) is 10.4. The molecule has 3 aromatic rings. The van der Waals surface area contributed by atoms with Gasteiger partial charge in [0.05, 0.1) is 18.3 Å². The summed E-state index contributed by atoms with van der Waals surface area (Å²) in [7, 11) is 1.29. The number of fused-ring (bicyclic) bond motifs is 5. The molecule has 0 spiro atoms. The molecule has 2 fully saturated rings. The Morgan fingerprint density at radius 3 is 2.11 bits per heavy atom. The summed E-state index contributed by atoms with van der Waals surface area (Å²) in [6, 6.07) is 18.9. The van der Waals surface area contributed by atoms with Crippen LogP contribution in [0, 0.1) is 0 Å². The van der Waals surface area contributed by atoms with Crippen molar-refractivity contribution in [2.24, 2.45) is 0 Å². The average Bonchev–Trinajstić information content (AvgIpc) is 3.38. The van der Waals surface area contributed by atoms with Crippen molar-refractivity contribution in [3.05, 3.63) is 89.0 Å². The first-order valence-corrected chi connectivity index (χ1v) is 12.8. The number of halogens is 3. The summed E-state index contributed by atoms with van der Waals surface area (Å²) < 4.78 is 50.8. The Hall–Kier alpha value is -3.52. The van der Waals surface area contributed by atoms with Gasteiger partial charge in [-0.15, -0.1) is 0 Å². The lowest BCUT2D eigenvalue weighted by atomic mass is 9.80. The number of hydrogen-bond acceptors (Lipinski definition) is 4. The van der Waals surface area contributed by atoms with Gasteiger partial charge in [0.25, 0.3) is 0 Å². The van der Waals surface area contributed by atoms with E-state index in [1.165, 1.54) is 13.2 Å². The van der Waals surface area contributed by atoms with Gasteiger partial charge in [0, 0.05) is 36.4 Å². The molecule has 0 radical (unpaired) electrons. The van der Waals surface area contributed by atoms with Gasteiger partial charge in [-0.1, -0.05) is 54.6 Å². The Bertz CT molecular complexity index is 1330. The van der Waals surface area contributed by atoms with Crippen molar-refractivity contribution in [1.82, 2.24) is 4.90 Å². The summed E-state index contributed by atoms with van der Waals surface area (Å²) in [6.07, 6.45) is -3.13. The smallest absolute Gasteiger partial charge is 0.416 e. The molecule has 2 heterocycles. The molecule has 2 bridgehead atoms. The molecule has 2 unspecified atom stereocenters. The third kappa shape index (κ3) is 4.02. The van der Waals surface area contributed by atoms with E-state index < -0.39 is 23.4 Å². The number of hydrogen-bond donors (Lipinski definition) is 1. The van der Waals surface area contributed by atoms with Gasteiger partial charge in [-0.25, -0.2) is 4.79 Å². The zero-order valence-electron chi connectivity index (χ0n) is 20.9. The number of carbonyl (C=O) groups excluding carboxylic acids is 1. The minimum atomic E-state index is -4.51. The molecule has 6 rings (SSSR count). The minimum Gasteiger partial charge on any atom is -0.496 e. The number of ether oxygens (including phenoxy) is 2. The van der Waals surface area contributed by atoms with Crippen LogP contribution < -0.4 is 4.74 Å². The van der Waals surface area contributed by atoms with Crippen LogP contribution in [0.2, 0.25) is 0 Å². The van der Waals surface area contributed by atoms with Crippen molar-refractivity contribution in [3.63, 3.8) is 0 Å². The quantitative estimate of drug-likeness (QED) is 0.426. The number of amides is 1. The van der Waals surface area contributed by atoms with Gasteiger partial charge in [-0.05, 0) is 47.2 Å². The Morgan fingerprint density at radius 1 is 0.974 bits per heavy atom. The molecule has 0 aromatic heterocycles.